The number of carbonyl (C=O) groups excluding carboxylic acids is 3. The van der Waals surface area contributed by atoms with Gasteiger partial charge in [-0.25, -0.2) is 9.18 Å². The van der Waals surface area contributed by atoms with Crippen molar-refractivity contribution < 1.29 is 23.5 Å². The average molecular weight is 549 g/mol. The summed E-state index contributed by atoms with van der Waals surface area (Å²) in [6.07, 6.45) is 0.724. The highest BCUT2D eigenvalue weighted by Crippen LogP contribution is 2.22. The Bertz CT molecular complexity index is 1330. The molecule has 1 heterocycles. The van der Waals surface area contributed by atoms with Gasteiger partial charge < -0.3 is 20.3 Å². The first-order chi connectivity index (χ1) is 19.3. The summed E-state index contributed by atoms with van der Waals surface area (Å²) in [5.41, 5.74) is 1.79. The number of ether oxygens (including phenoxy) is 1. The lowest BCUT2D eigenvalue weighted by Crippen LogP contribution is -2.63. The van der Waals surface area contributed by atoms with Crippen LogP contribution in [0.25, 0.3) is 10.8 Å². The summed E-state index contributed by atoms with van der Waals surface area (Å²) in [6.45, 7) is 3.45. The average Bonchev–Trinajstić information content (AvgIpc) is 2.99. The van der Waals surface area contributed by atoms with Gasteiger partial charge in [0.25, 0.3) is 0 Å². The van der Waals surface area contributed by atoms with Crippen molar-refractivity contribution in [3.05, 3.63) is 83.7 Å². The van der Waals surface area contributed by atoms with Crippen molar-refractivity contribution in [3.63, 3.8) is 0 Å². The van der Waals surface area contributed by atoms with E-state index in [2.05, 4.69) is 45.9 Å². The van der Waals surface area contributed by atoms with Gasteiger partial charge in [-0.3, -0.25) is 14.5 Å². The number of piperazine rings is 1. The molecule has 0 bridgehead atoms. The van der Waals surface area contributed by atoms with Gasteiger partial charge in [0.15, 0.2) is 0 Å². The van der Waals surface area contributed by atoms with Crippen molar-refractivity contribution in [3.8, 4) is 0 Å². The summed E-state index contributed by atoms with van der Waals surface area (Å²) < 4.78 is 18.2. The predicted molar refractivity (Wildman–Crippen MR) is 152 cm³/mol. The van der Waals surface area contributed by atoms with Crippen molar-refractivity contribution in [2.24, 2.45) is 0 Å². The van der Waals surface area contributed by atoms with Gasteiger partial charge in [0.2, 0.25) is 11.8 Å². The van der Waals surface area contributed by atoms with Crippen molar-refractivity contribution in [2.75, 3.05) is 33.8 Å². The Morgan fingerprint density at radius 1 is 0.975 bits per heavy atom. The number of benzene rings is 3. The number of halogens is 1. The maximum absolute atomic E-state index is 13.8. The molecule has 0 aromatic heterocycles. The molecule has 212 valence electrons. The van der Waals surface area contributed by atoms with Crippen LogP contribution in [-0.4, -0.2) is 79.6 Å². The summed E-state index contributed by atoms with van der Waals surface area (Å²) in [5, 5.41) is 7.75. The van der Waals surface area contributed by atoms with Crippen LogP contribution in [0.2, 0.25) is 0 Å². The summed E-state index contributed by atoms with van der Waals surface area (Å²) in [7, 11) is 2.89. The molecule has 1 fully saturated rings. The maximum Gasteiger partial charge on any atom is 0.407 e. The summed E-state index contributed by atoms with van der Waals surface area (Å²) in [5.74, 6) is -0.666. The molecule has 3 aromatic rings. The quantitative estimate of drug-likeness (QED) is 0.427. The Morgan fingerprint density at radius 3 is 2.35 bits per heavy atom. The molecule has 1 aliphatic rings. The second kappa shape index (κ2) is 13.4. The minimum Gasteiger partial charge on any atom is -0.453 e. The number of hydrogen-bond acceptors (Lipinski definition) is 5. The normalized spacial score (nSPS) is 17.2. The number of alkyl carbamates (subject to hydrolysis) is 1. The van der Waals surface area contributed by atoms with Crippen molar-refractivity contribution in [1.82, 2.24) is 20.4 Å². The van der Waals surface area contributed by atoms with E-state index in [4.69, 9.17) is 4.74 Å². The zero-order chi connectivity index (χ0) is 28.6. The number of nitrogens with zero attached hydrogens (tertiary/aromatic N) is 2. The van der Waals surface area contributed by atoms with Crippen LogP contribution in [0.5, 0.6) is 0 Å². The monoisotopic (exact) mass is 548 g/mol. The molecular formula is C31H37FN4O4. The van der Waals surface area contributed by atoms with Gasteiger partial charge in [0, 0.05) is 39.1 Å². The second-order valence-corrected chi connectivity index (χ2v) is 10.1. The number of nitrogens with one attached hydrogen (secondary N) is 2. The van der Waals surface area contributed by atoms with E-state index in [-0.39, 0.29) is 36.1 Å². The number of hydrogen-bond donors (Lipinski definition) is 2. The fourth-order valence-corrected chi connectivity index (χ4v) is 5.40. The summed E-state index contributed by atoms with van der Waals surface area (Å²) >= 11 is 0. The van der Waals surface area contributed by atoms with E-state index < -0.39 is 12.1 Å². The number of methoxy groups -OCH3 is 1. The molecule has 3 unspecified atom stereocenters. The molecule has 3 aromatic carbocycles. The van der Waals surface area contributed by atoms with Gasteiger partial charge in [0.1, 0.15) is 11.9 Å². The SMILES string of the molecule is CCC1CN(C(Cc2ccc3ccccc3c2)C(=O)NC)CCN1C(=O)C(Cc1ccc(F)cc1)NC(=O)OC. The molecule has 0 radical (unpaired) electrons. The van der Waals surface area contributed by atoms with Crippen molar-refractivity contribution in [2.45, 2.75) is 44.3 Å². The topological polar surface area (TPSA) is 91.0 Å². The first-order valence-corrected chi connectivity index (χ1v) is 13.7. The third kappa shape index (κ3) is 6.96. The van der Waals surface area contributed by atoms with Crippen LogP contribution in [-0.2, 0) is 27.2 Å². The molecule has 40 heavy (non-hydrogen) atoms. The van der Waals surface area contributed by atoms with Gasteiger partial charge in [-0.1, -0.05) is 61.5 Å². The summed E-state index contributed by atoms with van der Waals surface area (Å²) in [6, 6.07) is 18.9. The van der Waals surface area contributed by atoms with Gasteiger partial charge >= 0.3 is 6.09 Å². The fourth-order valence-electron chi connectivity index (χ4n) is 5.40. The van der Waals surface area contributed by atoms with Crippen molar-refractivity contribution >= 4 is 28.7 Å². The number of likely N-dealkylation sites (N-methyl/N-ethyl adjacent to an activating group) is 1. The smallest absolute Gasteiger partial charge is 0.407 e. The zero-order valence-corrected chi connectivity index (χ0v) is 23.2. The van der Waals surface area contributed by atoms with E-state index in [1.807, 2.05) is 19.1 Å². The van der Waals surface area contributed by atoms with Crippen LogP contribution in [0.15, 0.2) is 66.7 Å². The van der Waals surface area contributed by atoms with Crippen LogP contribution in [0.4, 0.5) is 9.18 Å². The van der Waals surface area contributed by atoms with Crippen molar-refractivity contribution in [1.29, 1.82) is 0 Å². The van der Waals surface area contributed by atoms with Crippen LogP contribution in [0.3, 0.4) is 0 Å². The lowest BCUT2D eigenvalue weighted by atomic mass is 9.97. The highest BCUT2D eigenvalue weighted by molar-refractivity contribution is 5.87. The van der Waals surface area contributed by atoms with E-state index in [9.17, 15) is 18.8 Å². The largest absolute Gasteiger partial charge is 0.453 e. The Balaban J connectivity index is 1.51. The molecule has 3 atom stereocenters. The molecule has 2 N–H and O–H groups in total. The maximum atomic E-state index is 13.8. The molecular weight excluding hydrogens is 511 g/mol. The number of rotatable bonds is 9. The lowest BCUT2D eigenvalue weighted by Gasteiger charge is -2.44. The Morgan fingerprint density at radius 2 is 1.68 bits per heavy atom. The minimum atomic E-state index is -0.870. The van der Waals surface area contributed by atoms with Crippen LogP contribution in [0, 0.1) is 5.82 Å². The predicted octanol–water partition coefficient (Wildman–Crippen LogP) is 3.53. The Hall–Kier alpha value is -3.98. The first-order valence-electron chi connectivity index (χ1n) is 13.7. The van der Waals surface area contributed by atoms with Crippen LogP contribution >= 0.6 is 0 Å². The molecule has 0 spiro atoms. The number of fused-ring (bicyclic) bond motifs is 1. The van der Waals surface area contributed by atoms with E-state index >= 15 is 0 Å². The second-order valence-electron chi connectivity index (χ2n) is 10.1. The number of amides is 3. The van der Waals surface area contributed by atoms with Gasteiger partial charge in [-0.15, -0.1) is 0 Å². The Labute approximate surface area is 234 Å². The molecule has 1 aliphatic heterocycles. The summed E-state index contributed by atoms with van der Waals surface area (Å²) in [4.78, 5) is 42.8. The molecule has 8 nitrogen and oxygen atoms in total. The van der Waals surface area contributed by atoms with E-state index in [1.54, 1.807) is 24.1 Å². The van der Waals surface area contributed by atoms with E-state index in [1.165, 1.54) is 19.2 Å². The fraction of sp³-hybridized carbons (Fsp3) is 0.387. The van der Waals surface area contributed by atoms with Gasteiger partial charge in [-0.05, 0) is 46.9 Å². The molecule has 0 aliphatic carbocycles. The Kier molecular flexibility index (Phi) is 9.71. The van der Waals surface area contributed by atoms with E-state index in [0.29, 0.717) is 32.5 Å². The highest BCUT2D eigenvalue weighted by atomic mass is 19.1. The standard InChI is InChI=1S/C31H37FN4O4/c1-4-26-20-35(28(29(37)33-2)19-22-9-12-23-7-5-6-8-24(23)17-22)15-16-36(26)30(38)27(34-31(39)40-3)18-21-10-13-25(32)14-11-21/h5-14,17,26-28H,4,15-16,18-20H2,1-3H3,(H,33,37)(H,34,39). The molecule has 9 heteroatoms. The highest BCUT2D eigenvalue weighted by Gasteiger charge is 2.37. The molecule has 4 rings (SSSR count). The third-order valence-electron chi connectivity index (χ3n) is 7.63. The zero-order valence-electron chi connectivity index (χ0n) is 23.2. The van der Waals surface area contributed by atoms with Crippen LogP contribution in [0.1, 0.15) is 24.5 Å². The lowest BCUT2D eigenvalue weighted by molar-refractivity contribution is -0.140. The first kappa shape index (κ1) is 29.0. The van der Waals surface area contributed by atoms with Gasteiger partial charge in [0.05, 0.1) is 13.2 Å². The minimum absolute atomic E-state index is 0.0654. The molecule has 0 saturated carbocycles. The number of carbonyl (C=O) groups is 3. The van der Waals surface area contributed by atoms with E-state index in [0.717, 1.165) is 21.9 Å². The van der Waals surface area contributed by atoms with Gasteiger partial charge in [-0.2, -0.15) is 0 Å². The molecule has 1 saturated heterocycles. The third-order valence-corrected chi connectivity index (χ3v) is 7.63. The molecule has 3 amide bonds. The van der Waals surface area contributed by atoms with Crippen LogP contribution < -0.4 is 10.6 Å².